The van der Waals surface area contributed by atoms with Crippen LogP contribution in [0.5, 0.6) is 0 Å². The lowest BCUT2D eigenvalue weighted by Gasteiger charge is -2.08. The third-order valence-electron chi connectivity index (χ3n) is 3.31. The van der Waals surface area contributed by atoms with Crippen molar-refractivity contribution in [2.45, 2.75) is 19.5 Å². The molecule has 2 rings (SSSR count). The summed E-state index contributed by atoms with van der Waals surface area (Å²) in [6.45, 7) is 3.04. The molecule has 8 heteroatoms. The molecule has 2 aromatic rings. The van der Waals surface area contributed by atoms with Crippen molar-refractivity contribution in [2.24, 2.45) is 4.99 Å². The maximum absolute atomic E-state index is 12.5. The molecule has 0 fully saturated rings. The largest absolute Gasteiger partial charge is 0.416 e. The molecule has 0 saturated carbocycles. The first-order valence-electron chi connectivity index (χ1n) is 7.90. The molecule has 0 spiro atoms. The van der Waals surface area contributed by atoms with E-state index < -0.39 is 11.7 Å². The monoisotopic (exact) mass is 380 g/mol. The zero-order chi connectivity index (χ0) is 19.0. The number of alkyl halides is 3. The van der Waals surface area contributed by atoms with Crippen molar-refractivity contribution < 1.29 is 13.2 Å². The normalized spacial score (nSPS) is 11.7. The molecule has 26 heavy (non-hydrogen) atoms. The minimum Gasteiger partial charge on any atom is -0.356 e. The van der Waals surface area contributed by atoms with Crippen LogP contribution in [0.4, 0.5) is 13.2 Å². The van der Waals surface area contributed by atoms with Crippen LogP contribution in [0.15, 0.2) is 35.5 Å². The van der Waals surface area contributed by atoms with Crippen LogP contribution >= 0.6 is 11.3 Å². The number of aryl methyl sites for hydroxylation is 1. The molecule has 0 amide bonds. The Morgan fingerprint density at radius 2 is 1.96 bits per heavy atom. The first kappa shape index (κ1) is 19.8. The standard InChI is InChI=1S/C18H19F3N4S/c1-13-12-25-16(26-13)9-11-24-17(22-2)23-10-3-4-14-5-7-15(8-6-14)18(19,20)21/h5-8,12H,9-11H2,1-2H3,(H2,22,23,24). The molecule has 0 aliphatic heterocycles. The van der Waals surface area contributed by atoms with Crippen LogP contribution in [0.3, 0.4) is 0 Å². The molecule has 4 nitrogen and oxygen atoms in total. The van der Waals surface area contributed by atoms with Gasteiger partial charge in [-0.2, -0.15) is 13.2 Å². The summed E-state index contributed by atoms with van der Waals surface area (Å²) in [5.41, 5.74) is -0.150. The minimum absolute atomic E-state index is 0.330. The van der Waals surface area contributed by atoms with Crippen LogP contribution < -0.4 is 10.6 Å². The SMILES string of the molecule is CN=C(NCC#Cc1ccc(C(F)(F)F)cc1)NCCc1ncc(C)s1. The molecule has 0 saturated heterocycles. The lowest BCUT2D eigenvalue weighted by Crippen LogP contribution is -2.38. The van der Waals surface area contributed by atoms with Crippen molar-refractivity contribution >= 4 is 17.3 Å². The van der Waals surface area contributed by atoms with Gasteiger partial charge < -0.3 is 10.6 Å². The third-order valence-corrected chi connectivity index (χ3v) is 4.29. The number of halogens is 3. The number of aromatic nitrogens is 1. The summed E-state index contributed by atoms with van der Waals surface area (Å²) in [5.74, 6) is 6.29. The molecule has 0 unspecified atom stereocenters. The fourth-order valence-corrected chi connectivity index (χ4v) is 2.83. The van der Waals surface area contributed by atoms with Gasteiger partial charge in [0.1, 0.15) is 0 Å². The summed E-state index contributed by atoms with van der Waals surface area (Å²) in [6.07, 6.45) is -1.68. The predicted octanol–water partition coefficient (Wildman–Crippen LogP) is 3.23. The fraction of sp³-hybridized carbons (Fsp3) is 0.333. The molecule has 1 heterocycles. The van der Waals surface area contributed by atoms with Gasteiger partial charge in [-0.15, -0.1) is 11.3 Å². The van der Waals surface area contributed by atoms with E-state index in [1.807, 2.05) is 13.1 Å². The molecule has 0 atom stereocenters. The molecule has 0 aliphatic rings. The number of nitrogens with zero attached hydrogens (tertiary/aromatic N) is 2. The van der Waals surface area contributed by atoms with E-state index in [1.54, 1.807) is 18.4 Å². The van der Waals surface area contributed by atoms with Gasteiger partial charge in [-0.25, -0.2) is 4.98 Å². The molecule has 0 radical (unpaired) electrons. The number of thiazole rings is 1. The number of hydrogen-bond acceptors (Lipinski definition) is 3. The van der Waals surface area contributed by atoms with Gasteiger partial charge in [0, 0.05) is 36.7 Å². The Labute approximate surface area is 154 Å². The van der Waals surface area contributed by atoms with Crippen molar-refractivity contribution in [1.82, 2.24) is 15.6 Å². The Balaban J connectivity index is 1.76. The molecular formula is C18H19F3N4S. The van der Waals surface area contributed by atoms with Crippen LogP contribution in [0.2, 0.25) is 0 Å². The summed E-state index contributed by atoms with van der Waals surface area (Å²) < 4.78 is 37.5. The van der Waals surface area contributed by atoms with E-state index in [1.165, 1.54) is 17.0 Å². The smallest absolute Gasteiger partial charge is 0.356 e. The number of benzene rings is 1. The second kappa shape index (κ2) is 9.25. The van der Waals surface area contributed by atoms with E-state index in [2.05, 4.69) is 32.5 Å². The first-order chi connectivity index (χ1) is 12.4. The Morgan fingerprint density at radius 1 is 1.23 bits per heavy atom. The van der Waals surface area contributed by atoms with Crippen molar-refractivity contribution in [3.05, 3.63) is 51.5 Å². The predicted molar refractivity (Wildman–Crippen MR) is 98.2 cm³/mol. The number of aliphatic imine (C=N–C) groups is 1. The van der Waals surface area contributed by atoms with E-state index >= 15 is 0 Å². The summed E-state index contributed by atoms with van der Waals surface area (Å²) in [5, 5.41) is 7.26. The van der Waals surface area contributed by atoms with Crippen molar-refractivity contribution in [2.75, 3.05) is 20.1 Å². The highest BCUT2D eigenvalue weighted by Crippen LogP contribution is 2.28. The van der Waals surface area contributed by atoms with Gasteiger partial charge in [0.15, 0.2) is 5.96 Å². The van der Waals surface area contributed by atoms with Crippen molar-refractivity contribution in [3.63, 3.8) is 0 Å². The zero-order valence-corrected chi connectivity index (χ0v) is 15.3. The summed E-state index contributed by atoms with van der Waals surface area (Å²) in [4.78, 5) is 9.57. The molecule has 2 N–H and O–H groups in total. The zero-order valence-electron chi connectivity index (χ0n) is 14.4. The maximum Gasteiger partial charge on any atom is 0.416 e. The number of nitrogens with one attached hydrogen (secondary N) is 2. The molecule has 0 aliphatic carbocycles. The second-order valence-electron chi connectivity index (χ2n) is 5.34. The molecular weight excluding hydrogens is 361 g/mol. The second-order valence-corrected chi connectivity index (χ2v) is 6.66. The minimum atomic E-state index is -4.33. The van der Waals surface area contributed by atoms with Crippen LogP contribution in [-0.2, 0) is 12.6 Å². The summed E-state index contributed by atoms with van der Waals surface area (Å²) in [7, 11) is 1.66. The first-order valence-corrected chi connectivity index (χ1v) is 8.72. The van der Waals surface area contributed by atoms with Gasteiger partial charge in [-0.1, -0.05) is 11.8 Å². The van der Waals surface area contributed by atoms with Gasteiger partial charge in [0.2, 0.25) is 0 Å². The van der Waals surface area contributed by atoms with Gasteiger partial charge in [0.25, 0.3) is 0 Å². The lowest BCUT2D eigenvalue weighted by atomic mass is 10.1. The fourth-order valence-electron chi connectivity index (χ4n) is 2.04. The van der Waals surface area contributed by atoms with Crippen molar-refractivity contribution in [3.8, 4) is 11.8 Å². The van der Waals surface area contributed by atoms with E-state index in [0.717, 1.165) is 23.6 Å². The van der Waals surface area contributed by atoms with E-state index in [4.69, 9.17) is 0 Å². The molecule has 138 valence electrons. The highest BCUT2D eigenvalue weighted by molar-refractivity contribution is 7.11. The third kappa shape index (κ3) is 6.41. The Morgan fingerprint density at radius 3 is 2.54 bits per heavy atom. The maximum atomic E-state index is 12.5. The van der Waals surface area contributed by atoms with Crippen molar-refractivity contribution in [1.29, 1.82) is 0 Å². The van der Waals surface area contributed by atoms with Crippen LogP contribution in [0.25, 0.3) is 0 Å². The van der Waals surface area contributed by atoms with Crippen LogP contribution in [0.1, 0.15) is 21.0 Å². The van der Waals surface area contributed by atoms with Crippen LogP contribution in [-0.4, -0.2) is 31.1 Å². The van der Waals surface area contributed by atoms with E-state index in [-0.39, 0.29) is 0 Å². The van der Waals surface area contributed by atoms with Gasteiger partial charge in [0.05, 0.1) is 17.1 Å². The van der Waals surface area contributed by atoms with Crippen LogP contribution in [0, 0.1) is 18.8 Å². The van der Waals surface area contributed by atoms with E-state index in [9.17, 15) is 13.2 Å². The molecule has 1 aromatic heterocycles. The molecule has 1 aromatic carbocycles. The number of hydrogen-bond donors (Lipinski definition) is 2. The number of guanidine groups is 1. The Bertz CT molecular complexity index is 798. The summed E-state index contributed by atoms with van der Waals surface area (Å²) >= 11 is 1.66. The average Bonchev–Trinajstić information content (AvgIpc) is 3.02. The van der Waals surface area contributed by atoms with Gasteiger partial charge in [-0.05, 0) is 31.2 Å². The van der Waals surface area contributed by atoms with Gasteiger partial charge in [-0.3, -0.25) is 4.99 Å². The Kier molecular flexibility index (Phi) is 7.04. The lowest BCUT2D eigenvalue weighted by molar-refractivity contribution is -0.137. The number of rotatable bonds is 4. The van der Waals surface area contributed by atoms with E-state index in [0.29, 0.717) is 24.6 Å². The summed E-state index contributed by atoms with van der Waals surface area (Å²) in [6, 6.07) is 4.77. The highest BCUT2D eigenvalue weighted by atomic mass is 32.1. The highest BCUT2D eigenvalue weighted by Gasteiger charge is 2.29. The topological polar surface area (TPSA) is 49.3 Å². The van der Waals surface area contributed by atoms with Gasteiger partial charge >= 0.3 is 6.18 Å². The quantitative estimate of drug-likeness (QED) is 0.486. The Hall–Kier alpha value is -2.53. The molecule has 0 bridgehead atoms. The average molecular weight is 380 g/mol.